The van der Waals surface area contributed by atoms with Gasteiger partial charge < -0.3 is 15.4 Å². The molecule has 0 saturated carbocycles. The number of rotatable bonds is 7. The van der Waals surface area contributed by atoms with Gasteiger partial charge in [-0.05, 0) is 82.0 Å². The Labute approximate surface area is 237 Å². The summed E-state index contributed by atoms with van der Waals surface area (Å²) >= 11 is 0. The smallest absolute Gasteiger partial charge is 0.416 e. The van der Waals surface area contributed by atoms with Crippen molar-refractivity contribution >= 4 is 27.6 Å². The van der Waals surface area contributed by atoms with E-state index in [0.717, 1.165) is 18.6 Å². The second kappa shape index (κ2) is 10.8. The summed E-state index contributed by atoms with van der Waals surface area (Å²) in [6.07, 6.45) is -2.90. The normalized spacial score (nSPS) is 17.1. The number of benzene rings is 1. The summed E-state index contributed by atoms with van der Waals surface area (Å²) in [6.45, 7) is 9.91. The number of alkyl halides is 3. The average Bonchev–Trinajstić information content (AvgIpc) is 3.13. The van der Waals surface area contributed by atoms with Crippen molar-refractivity contribution in [3.63, 3.8) is 0 Å². The van der Waals surface area contributed by atoms with Gasteiger partial charge in [0.05, 0.1) is 17.2 Å². The first-order valence-electron chi connectivity index (χ1n) is 12.9. The molecule has 0 bridgehead atoms. The lowest BCUT2D eigenvalue weighted by Gasteiger charge is -2.33. The third-order valence-electron chi connectivity index (χ3n) is 6.63. The quantitative estimate of drug-likeness (QED) is 0.380. The number of carbonyl (C=O) groups excluding carboxylic acids is 1. The summed E-state index contributed by atoms with van der Waals surface area (Å²) in [5.41, 5.74) is 4.40. The maximum Gasteiger partial charge on any atom is 0.416 e. The maximum absolute atomic E-state index is 13.8. The predicted octanol–water partition coefficient (Wildman–Crippen LogP) is 5.28. The number of sulfonamides is 1. The van der Waals surface area contributed by atoms with Gasteiger partial charge >= 0.3 is 6.18 Å². The Balaban J connectivity index is 1.85. The van der Waals surface area contributed by atoms with Crippen molar-refractivity contribution in [2.45, 2.75) is 63.9 Å². The number of nitrogens with zero attached hydrogens (tertiary/aromatic N) is 3. The highest BCUT2D eigenvalue weighted by Crippen LogP contribution is 2.40. The average molecular weight is 592 g/mol. The number of ether oxygens (including phenoxy) is 1. The first kappa shape index (κ1) is 30.1. The van der Waals surface area contributed by atoms with Gasteiger partial charge in [-0.3, -0.25) is 4.79 Å². The summed E-state index contributed by atoms with van der Waals surface area (Å²) in [4.78, 5) is 23.8. The number of nitrogens with one attached hydrogen (secondary N) is 1. The van der Waals surface area contributed by atoms with E-state index in [4.69, 9.17) is 10.5 Å². The highest BCUT2D eigenvalue weighted by atomic mass is 32.2. The minimum absolute atomic E-state index is 0.00952. The van der Waals surface area contributed by atoms with E-state index in [2.05, 4.69) is 9.97 Å². The summed E-state index contributed by atoms with van der Waals surface area (Å²) in [5.74, 6) is -0.616. The lowest BCUT2D eigenvalue weighted by atomic mass is 9.97. The van der Waals surface area contributed by atoms with Crippen molar-refractivity contribution in [3.05, 3.63) is 59.8 Å². The van der Waals surface area contributed by atoms with E-state index in [1.807, 2.05) is 30.4 Å². The van der Waals surface area contributed by atoms with Crippen LogP contribution in [0.3, 0.4) is 0 Å². The molecule has 1 saturated heterocycles. The van der Waals surface area contributed by atoms with E-state index >= 15 is 0 Å². The van der Waals surface area contributed by atoms with Crippen molar-refractivity contribution in [3.8, 4) is 16.9 Å². The van der Waals surface area contributed by atoms with Gasteiger partial charge in [-0.25, -0.2) is 14.7 Å². The Kier molecular flexibility index (Phi) is 7.96. The molecule has 220 valence electrons. The van der Waals surface area contributed by atoms with Crippen LogP contribution in [0.1, 0.15) is 57.0 Å². The molecule has 4 rings (SSSR count). The van der Waals surface area contributed by atoms with Gasteiger partial charge in [-0.15, -0.1) is 0 Å². The molecule has 9 nitrogen and oxygen atoms in total. The molecule has 1 fully saturated rings. The molecular weight excluding hydrogens is 559 g/mol. The third kappa shape index (κ3) is 6.72. The molecule has 1 aromatic carbocycles. The molecule has 1 aliphatic rings. The maximum atomic E-state index is 13.8. The minimum Gasteiger partial charge on any atom is -0.491 e. The number of aromatic nitrogens is 2. The SMILES string of the molecule is CC1CN(c2ncc(-c3cc(OC(C)C)cc(C(F)(F)F)c3)cc2C(=O)NS(=O)(=O)c2cccc(N)n2)C(C)(C)C1. The van der Waals surface area contributed by atoms with Gasteiger partial charge in [0.25, 0.3) is 15.9 Å². The van der Waals surface area contributed by atoms with Crippen LogP contribution >= 0.6 is 0 Å². The molecule has 3 N–H and O–H groups in total. The van der Waals surface area contributed by atoms with Crippen molar-refractivity contribution in [1.82, 2.24) is 14.7 Å². The zero-order valence-corrected chi connectivity index (χ0v) is 24.1. The molecule has 3 aromatic rings. The van der Waals surface area contributed by atoms with Gasteiger partial charge in [0.15, 0.2) is 5.03 Å². The van der Waals surface area contributed by atoms with Crippen molar-refractivity contribution < 1.29 is 31.1 Å². The second-order valence-electron chi connectivity index (χ2n) is 11.1. The second-order valence-corrected chi connectivity index (χ2v) is 12.7. The fourth-order valence-electron chi connectivity index (χ4n) is 5.04. The van der Waals surface area contributed by atoms with Gasteiger partial charge in [0.1, 0.15) is 17.4 Å². The van der Waals surface area contributed by atoms with E-state index in [0.29, 0.717) is 6.54 Å². The Morgan fingerprint density at radius 2 is 1.88 bits per heavy atom. The van der Waals surface area contributed by atoms with Crippen molar-refractivity contribution in [1.29, 1.82) is 0 Å². The van der Waals surface area contributed by atoms with E-state index < -0.39 is 44.3 Å². The highest BCUT2D eigenvalue weighted by Gasteiger charge is 2.39. The predicted molar refractivity (Wildman–Crippen MR) is 149 cm³/mol. The number of carbonyl (C=O) groups is 1. The van der Waals surface area contributed by atoms with Gasteiger partial charge in [0.2, 0.25) is 0 Å². The highest BCUT2D eigenvalue weighted by molar-refractivity contribution is 7.90. The van der Waals surface area contributed by atoms with Crippen LogP contribution in [0.4, 0.5) is 24.8 Å². The lowest BCUT2D eigenvalue weighted by molar-refractivity contribution is -0.137. The van der Waals surface area contributed by atoms with E-state index in [1.54, 1.807) is 13.8 Å². The molecule has 1 aliphatic heterocycles. The molecule has 0 aliphatic carbocycles. The standard InChI is InChI=1S/C28H32F3N5O4S/c1-16(2)40-21-10-18(9-20(12-21)28(29,30)31)19-11-22(25(33-14-19)36-15-17(3)13-27(36,4)5)26(37)35-41(38,39)24-8-6-7-23(32)34-24/h6-12,14,16-17H,13,15H2,1-5H3,(H2,32,34)(H,35,37). The molecule has 2 aromatic heterocycles. The van der Waals surface area contributed by atoms with Crippen LogP contribution < -0.4 is 20.1 Å². The first-order chi connectivity index (χ1) is 19.0. The molecule has 0 radical (unpaired) electrons. The van der Waals surface area contributed by atoms with Crippen LogP contribution in [0, 0.1) is 5.92 Å². The Hall–Kier alpha value is -3.87. The zero-order valence-electron chi connectivity index (χ0n) is 23.3. The Bertz CT molecular complexity index is 1580. The van der Waals surface area contributed by atoms with Crippen LogP contribution in [0.2, 0.25) is 0 Å². The summed E-state index contributed by atoms with van der Waals surface area (Å²) in [6, 6.07) is 8.56. The van der Waals surface area contributed by atoms with Gasteiger partial charge in [-0.1, -0.05) is 13.0 Å². The van der Waals surface area contributed by atoms with E-state index in [1.165, 1.54) is 36.5 Å². The van der Waals surface area contributed by atoms with Gasteiger partial charge in [-0.2, -0.15) is 21.6 Å². The number of hydrogen-bond acceptors (Lipinski definition) is 8. The number of hydrogen-bond donors (Lipinski definition) is 2. The number of anilines is 2. The molecule has 1 amide bonds. The fourth-order valence-corrected chi connectivity index (χ4v) is 5.98. The minimum atomic E-state index is -4.66. The van der Waals surface area contributed by atoms with Gasteiger partial charge in [0, 0.05) is 23.8 Å². The molecule has 0 spiro atoms. The fraction of sp³-hybridized carbons (Fsp3) is 0.393. The number of nitrogens with two attached hydrogens (primary N) is 1. The lowest BCUT2D eigenvalue weighted by Crippen LogP contribution is -2.41. The first-order valence-corrected chi connectivity index (χ1v) is 14.4. The molecule has 3 heterocycles. The molecule has 1 unspecified atom stereocenters. The summed E-state index contributed by atoms with van der Waals surface area (Å²) < 4.78 is 74.8. The summed E-state index contributed by atoms with van der Waals surface area (Å²) in [5, 5.41) is -0.458. The van der Waals surface area contributed by atoms with Crippen LogP contribution in [-0.2, 0) is 16.2 Å². The van der Waals surface area contributed by atoms with E-state index in [-0.39, 0.29) is 40.0 Å². The third-order valence-corrected chi connectivity index (χ3v) is 7.86. The number of amides is 1. The largest absolute Gasteiger partial charge is 0.491 e. The van der Waals surface area contributed by atoms with E-state index in [9.17, 15) is 26.4 Å². The monoisotopic (exact) mass is 591 g/mol. The van der Waals surface area contributed by atoms with Crippen molar-refractivity contribution in [2.75, 3.05) is 17.2 Å². The Morgan fingerprint density at radius 3 is 2.46 bits per heavy atom. The summed E-state index contributed by atoms with van der Waals surface area (Å²) in [7, 11) is -4.44. The molecule has 1 atom stereocenters. The molecule has 41 heavy (non-hydrogen) atoms. The van der Waals surface area contributed by atoms with Crippen LogP contribution in [-0.4, -0.2) is 42.5 Å². The molecule has 13 heteroatoms. The number of pyridine rings is 2. The van der Waals surface area contributed by atoms with Crippen molar-refractivity contribution in [2.24, 2.45) is 5.92 Å². The van der Waals surface area contributed by atoms with Crippen LogP contribution in [0.15, 0.2) is 53.7 Å². The number of halogens is 3. The zero-order chi connectivity index (χ0) is 30.3. The molecular formula is C28H32F3N5O4S. The number of nitrogen functional groups attached to an aromatic ring is 1. The Morgan fingerprint density at radius 1 is 1.17 bits per heavy atom. The van der Waals surface area contributed by atoms with Crippen LogP contribution in [0.25, 0.3) is 11.1 Å². The topological polar surface area (TPSA) is 128 Å². The van der Waals surface area contributed by atoms with Crippen LogP contribution in [0.5, 0.6) is 5.75 Å².